The highest BCUT2D eigenvalue weighted by Gasteiger charge is 2.26. The maximum absolute atomic E-state index is 11.3. The summed E-state index contributed by atoms with van der Waals surface area (Å²) >= 11 is 0. The summed E-state index contributed by atoms with van der Waals surface area (Å²) in [6, 6.07) is 0. The van der Waals surface area contributed by atoms with Gasteiger partial charge in [-0.3, -0.25) is 4.89 Å². The molecule has 1 unspecified atom stereocenters. The molecular weight excluding hydrogens is 244 g/mol. The number of hydrogen-bond acceptors (Lipinski definition) is 7. The van der Waals surface area contributed by atoms with E-state index >= 15 is 0 Å². The van der Waals surface area contributed by atoms with Gasteiger partial charge in [-0.25, -0.2) is 4.79 Å². The third-order valence-corrected chi connectivity index (χ3v) is 2.16. The molecule has 0 aliphatic carbocycles. The smallest absolute Gasteiger partial charge is 0.424 e. The summed E-state index contributed by atoms with van der Waals surface area (Å²) in [6.07, 6.45) is -1.67. The van der Waals surface area contributed by atoms with Gasteiger partial charge in [0.2, 0.25) is 0 Å². The van der Waals surface area contributed by atoms with Gasteiger partial charge in [-0.1, -0.05) is 0 Å². The summed E-state index contributed by atoms with van der Waals surface area (Å²) in [4.78, 5) is 20.8. The first-order valence-corrected chi connectivity index (χ1v) is 5.79. The molecule has 0 aromatic rings. The lowest BCUT2D eigenvalue weighted by Crippen LogP contribution is -2.35. The van der Waals surface area contributed by atoms with Crippen molar-refractivity contribution in [1.29, 1.82) is 0 Å². The molecule has 106 valence electrons. The number of carbonyl (C=O) groups is 1. The lowest BCUT2D eigenvalue weighted by atomic mass is 10.0. The molecule has 18 heavy (non-hydrogen) atoms. The molecule has 7 nitrogen and oxygen atoms in total. The molecule has 0 spiro atoms. The summed E-state index contributed by atoms with van der Waals surface area (Å²) in [5.41, 5.74) is -0.785. The van der Waals surface area contributed by atoms with Crippen LogP contribution in [0.4, 0.5) is 4.79 Å². The van der Waals surface area contributed by atoms with Gasteiger partial charge in [0.25, 0.3) is 0 Å². The SMILES string of the molecule is CC(O)CC(C)(C)OOC(=O)OC1COCOC1. The first-order chi connectivity index (χ1) is 8.39. The zero-order valence-corrected chi connectivity index (χ0v) is 10.9. The maximum atomic E-state index is 11.3. The van der Waals surface area contributed by atoms with Crippen LogP contribution in [0.2, 0.25) is 0 Å². The van der Waals surface area contributed by atoms with Crippen LogP contribution in [0.25, 0.3) is 0 Å². The number of hydrogen-bond donors (Lipinski definition) is 1. The quantitative estimate of drug-likeness (QED) is 0.450. The van der Waals surface area contributed by atoms with Gasteiger partial charge in [-0.15, -0.1) is 0 Å². The van der Waals surface area contributed by atoms with Crippen LogP contribution in [0, 0.1) is 0 Å². The Morgan fingerprint density at radius 1 is 1.44 bits per heavy atom. The van der Waals surface area contributed by atoms with Crippen molar-refractivity contribution in [2.45, 2.75) is 45.0 Å². The second-order valence-electron chi connectivity index (χ2n) is 4.83. The van der Waals surface area contributed by atoms with Crippen LogP contribution < -0.4 is 0 Å². The zero-order chi connectivity index (χ0) is 13.6. The summed E-state index contributed by atoms with van der Waals surface area (Å²) in [5.74, 6) is 0. The molecule has 0 bridgehead atoms. The van der Waals surface area contributed by atoms with E-state index in [0.29, 0.717) is 6.42 Å². The van der Waals surface area contributed by atoms with Crippen molar-refractivity contribution in [1.82, 2.24) is 0 Å². The minimum Gasteiger partial charge on any atom is -0.424 e. The standard InChI is InChI=1S/C11H20O7/c1-8(12)4-11(2,3)18-17-10(13)16-9-5-14-7-15-6-9/h8-9,12H,4-7H2,1-3H3. The minimum absolute atomic E-state index is 0.201. The maximum Gasteiger partial charge on any atom is 0.540 e. The van der Waals surface area contributed by atoms with E-state index in [1.54, 1.807) is 20.8 Å². The Balaban J connectivity index is 2.23. The topological polar surface area (TPSA) is 83.5 Å². The third kappa shape index (κ3) is 6.15. The molecule has 0 aromatic heterocycles. The van der Waals surface area contributed by atoms with Gasteiger partial charge >= 0.3 is 6.16 Å². The van der Waals surface area contributed by atoms with Gasteiger partial charge in [-0.05, 0) is 20.8 Å². The van der Waals surface area contributed by atoms with Crippen LogP contribution in [0.15, 0.2) is 0 Å². The van der Waals surface area contributed by atoms with E-state index in [9.17, 15) is 9.90 Å². The molecule has 0 radical (unpaired) electrons. The Bertz CT molecular complexity index is 258. The number of rotatable bonds is 5. The van der Waals surface area contributed by atoms with Crippen LogP contribution in [0.1, 0.15) is 27.2 Å². The van der Waals surface area contributed by atoms with Crippen molar-refractivity contribution in [3.8, 4) is 0 Å². The van der Waals surface area contributed by atoms with Gasteiger partial charge in [-0.2, -0.15) is 4.89 Å². The first-order valence-electron chi connectivity index (χ1n) is 5.79. The second kappa shape index (κ2) is 6.89. The Morgan fingerprint density at radius 3 is 2.61 bits per heavy atom. The fourth-order valence-corrected chi connectivity index (χ4v) is 1.58. The Hall–Kier alpha value is -0.890. The molecule has 1 saturated heterocycles. The largest absolute Gasteiger partial charge is 0.540 e. The fraction of sp³-hybridized carbons (Fsp3) is 0.909. The van der Waals surface area contributed by atoms with E-state index < -0.39 is 24.0 Å². The van der Waals surface area contributed by atoms with Crippen LogP contribution >= 0.6 is 0 Å². The van der Waals surface area contributed by atoms with Crippen LogP contribution in [-0.4, -0.2) is 49.1 Å². The highest BCUT2D eigenvalue weighted by Crippen LogP contribution is 2.17. The second-order valence-corrected chi connectivity index (χ2v) is 4.83. The van der Waals surface area contributed by atoms with Crippen LogP contribution in [0.5, 0.6) is 0 Å². The van der Waals surface area contributed by atoms with Crippen molar-refractivity contribution in [3.05, 3.63) is 0 Å². The fourth-order valence-electron chi connectivity index (χ4n) is 1.58. The first kappa shape index (κ1) is 15.2. The molecule has 1 heterocycles. The molecule has 0 amide bonds. The number of carbonyl (C=O) groups excluding carboxylic acids is 1. The monoisotopic (exact) mass is 264 g/mol. The van der Waals surface area contributed by atoms with Crippen molar-refractivity contribution in [3.63, 3.8) is 0 Å². The van der Waals surface area contributed by atoms with Crippen molar-refractivity contribution < 1.29 is 33.9 Å². The average molecular weight is 264 g/mol. The number of ether oxygens (including phenoxy) is 3. The van der Waals surface area contributed by atoms with Gasteiger partial charge in [0.1, 0.15) is 12.4 Å². The molecule has 1 fully saturated rings. The lowest BCUT2D eigenvalue weighted by molar-refractivity contribution is -0.325. The van der Waals surface area contributed by atoms with E-state index in [-0.39, 0.29) is 20.0 Å². The predicted octanol–water partition coefficient (Wildman–Crippen LogP) is 0.994. The Kier molecular flexibility index (Phi) is 5.80. The van der Waals surface area contributed by atoms with Crippen LogP contribution in [-0.2, 0) is 24.0 Å². The summed E-state index contributed by atoms with van der Waals surface area (Å²) in [5, 5.41) is 9.23. The van der Waals surface area contributed by atoms with Crippen LogP contribution in [0.3, 0.4) is 0 Å². The molecule has 1 aliphatic rings. The highest BCUT2D eigenvalue weighted by molar-refractivity contribution is 5.59. The molecule has 0 aromatic carbocycles. The third-order valence-electron chi connectivity index (χ3n) is 2.16. The van der Waals surface area contributed by atoms with Gasteiger partial charge in [0, 0.05) is 6.42 Å². The van der Waals surface area contributed by atoms with E-state index in [1.165, 1.54) is 0 Å². The number of aliphatic hydroxyl groups excluding tert-OH is 1. The van der Waals surface area contributed by atoms with Gasteiger partial charge in [0.05, 0.1) is 19.3 Å². The molecule has 1 N–H and O–H groups in total. The minimum atomic E-state index is -0.951. The normalized spacial score (nSPS) is 19.3. The van der Waals surface area contributed by atoms with Crippen molar-refractivity contribution in [2.24, 2.45) is 0 Å². The summed E-state index contributed by atoms with van der Waals surface area (Å²) in [7, 11) is 0. The van der Waals surface area contributed by atoms with E-state index in [1.807, 2.05) is 0 Å². The summed E-state index contributed by atoms with van der Waals surface area (Å²) in [6.45, 7) is 5.75. The highest BCUT2D eigenvalue weighted by atomic mass is 17.2. The molecule has 0 saturated carbocycles. The molecule has 7 heteroatoms. The van der Waals surface area contributed by atoms with Crippen molar-refractivity contribution >= 4 is 6.16 Å². The Morgan fingerprint density at radius 2 is 2.06 bits per heavy atom. The number of aliphatic hydroxyl groups is 1. The van der Waals surface area contributed by atoms with E-state index in [4.69, 9.17) is 19.1 Å². The predicted molar refractivity (Wildman–Crippen MR) is 59.6 cm³/mol. The molecule has 1 aliphatic heterocycles. The summed E-state index contributed by atoms with van der Waals surface area (Å²) < 4.78 is 14.8. The lowest BCUT2D eigenvalue weighted by Gasteiger charge is -2.25. The van der Waals surface area contributed by atoms with Gasteiger partial charge < -0.3 is 19.3 Å². The molecule has 1 atom stereocenters. The van der Waals surface area contributed by atoms with E-state index in [2.05, 4.69) is 4.89 Å². The average Bonchev–Trinajstić information content (AvgIpc) is 2.26. The van der Waals surface area contributed by atoms with E-state index in [0.717, 1.165) is 0 Å². The van der Waals surface area contributed by atoms with Crippen molar-refractivity contribution in [2.75, 3.05) is 20.0 Å². The van der Waals surface area contributed by atoms with Gasteiger partial charge in [0.15, 0.2) is 6.10 Å². The molecule has 1 rings (SSSR count). The zero-order valence-electron chi connectivity index (χ0n) is 10.9. The molecular formula is C11H20O7. The Labute approximate surface area is 106 Å².